The predicted octanol–water partition coefficient (Wildman–Crippen LogP) is 4.82. The van der Waals surface area contributed by atoms with Gasteiger partial charge in [0.15, 0.2) is 0 Å². The average Bonchev–Trinajstić information content (AvgIpc) is 3.39. The van der Waals surface area contributed by atoms with Crippen LogP contribution in [0.25, 0.3) is 0 Å². The maximum absolute atomic E-state index is 13.1. The van der Waals surface area contributed by atoms with Gasteiger partial charge in [-0.25, -0.2) is 9.59 Å². The molecule has 6 nitrogen and oxygen atoms in total. The third-order valence-corrected chi connectivity index (χ3v) is 6.73. The van der Waals surface area contributed by atoms with E-state index in [4.69, 9.17) is 9.47 Å². The molecule has 1 aliphatic heterocycles. The number of thiophene rings is 2. The van der Waals surface area contributed by atoms with Crippen molar-refractivity contribution in [3.63, 3.8) is 0 Å². The van der Waals surface area contributed by atoms with Crippen molar-refractivity contribution in [3.05, 3.63) is 38.4 Å². The molecule has 1 atom stereocenters. The molecule has 2 aromatic heterocycles. The normalized spacial score (nSPS) is 16.2. The SMILES string of the molecule is CCOC(=O)c1c(NC(=O)N(Cc2cccs2)CC2CCCO2)sc(C)c1C. The van der Waals surface area contributed by atoms with E-state index >= 15 is 0 Å². The summed E-state index contributed by atoms with van der Waals surface area (Å²) >= 11 is 3.02. The molecule has 3 rings (SSSR count). The topological polar surface area (TPSA) is 67.9 Å². The second-order valence-corrected chi connectivity index (χ2v) is 8.99. The average molecular weight is 423 g/mol. The van der Waals surface area contributed by atoms with E-state index in [9.17, 15) is 9.59 Å². The lowest BCUT2D eigenvalue weighted by atomic mass is 10.1. The van der Waals surface area contributed by atoms with E-state index in [0.717, 1.165) is 34.8 Å². The van der Waals surface area contributed by atoms with E-state index in [1.54, 1.807) is 23.2 Å². The standard InChI is InChI=1S/C20H26N2O4S2/c1-4-25-19(23)17-13(2)14(3)28-18(17)21-20(24)22(11-15-7-5-9-26-15)12-16-8-6-10-27-16/h6,8,10,15H,4-5,7,9,11-12H2,1-3H3,(H,21,24). The fourth-order valence-corrected chi connectivity index (χ4v) is 4.94. The Labute approximate surface area is 173 Å². The van der Waals surface area contributed by atoms with Gasteiger partial charge in [-0.3, -0.25) is 5.32 Å². The first kappa shape index (κ1) is 20.8. The van der Waals surface area contributed by atoms with Gasteiger partial charge in [-0.2, -0.15) is 0 Å². The molecule has 3 heterocycles. The number of carbonyl (C=O) groups is 2. The van der Waals surface area contributed by atoms with E-state index in [2.05, 4.69) is 5.32 Å². The number of nitrogens with zero attached hydrogens (tertiary/aromatic N) is 1. The molecule has 2 aromatic rings. The molecular weight excluding hydrogens is 396 g/mol. The Morgan fingerprint density at radius 2 is 2.21 bits per heavy atom. The first-order chi connectivity index (χ1) is 13.5. The number of hydrogen-bond acceptors (Lipinski definition) is 6. The summed E-state index contributed by atoms with van der Waals surface area (Å²) in [6, 6.07) is 3.77. The van der Waals surface area contributed by atoms with E-state index in [1.807, 2.05) is 31.4 Å². The lowest BCUT2D eigenvalue weighted by Gasteiger charge is -2.25. The molecule has 152 valence electrons. The third kappa shape index (κ3) is 4.92. The van der Waals surface area contributed by atoms with E-state index < -0.39 is 5.97 Å². The van der Waals surface area contributed by atoms with Gasteiger partial charge in [-0.1, -0.05) is 6.07 Å². The van der Waals surface area contributed by atoms with E-state index in [0.29, 0.717) is 30.3 Å². The zero-order valence-electron chi connectivity index (χ0n) is 16.4. The van der Waals surface area contributed by atoms with Crippen LogP contribution in [0.3, 0.4) is 0 Å². The number of hydrogen-bond donors (Lipinski definition) is 1. The van der Waals surface area contributed by atoms with Gasteiger partial charge in [0.05, 0.1) is 24.8 Å². The van der Waals surface area contributed by atoms with E-state index in [1.165, 1.54) is 11.3 Å². The van der Waals surface area contributed by atoms with Crippen LogP contribution in [0.15, 0.2) is 17.5 Å². The highest BCUT2D eigenvalue weighted by molar-refractivity contribution is 7.16. The largest absolute Gasteiger partial charge is 0.462 e. The van der Waals surface area contributed by atoms with Crippen LogP contribution in [-0.4, -0.2) is 42.8 Å². The van der Waals surface area contributed by atoms with Crippen LogP contribution in [-0.2, 0) is 16.0 Å². The Morgan fingerprint density at radius 1 is 1.39 bits per heavy atom. The summed E-state index contributed by atoms with van der Waals surface area (Å²) in [5, 5.41) is 5.50. The summed E-state index contributed by atoms with van der Waals surface area (Å²) in [6.45, 7) is 7.68. The van der Waals surface area contributed by atoms with Gasteiger partial charge in [0.2, 0.25) is 0 Å². The number of ether oxygens (including phenoxy) is 2. The Hall–Kier alpha value is -1.90. The highest BCUT2D eigenvalue weighted by atomic mass is 32.1. The second-order valence-electron chi connectivity index (χ2n) is 6.73. The van der Waals surface area contributed by atoms with Crippen LogP contribution in [0.1, 0.15) is 45.4 Å². The quantitative estimate of drug-likeness (QED) is 0.650. The van der Waals surface area contributed by atoms with Gasteiger partial charge in [0.1, 0.15) is 5.00 Å². The monoisotopic (exact) mass is 422 g/mol. The van der Waals surface area contributed by atoms with Crippen LogP contribution in [0.5, 0.6) is 0 Å². The number of rotatable bonds is 7. The molecule has 0 saturated carbocycles. The number of nitrogens with one attached hydrogen (secondary N) is 1. The minimum atomic E-state index is -0.399. The van der Waals surface area contributed by atoms with Crippen LogP contribution in [0, 0.1) is 13.8 Å². The molecule has 0 radical (unpaired) electrons. The minimum Gasteiger partial charge on any atom is -0.462 e. The number of esters is 1. The van der Waals surface area contributed by atoms with Crippen molar-refractivity contribution in [2.24, 2.45) is 0 Å². The summed E-state index contributed by atoms with van der Waals surface area (Å²) in [5.74, 6) is -0.399. The van der Waals surface area contributed by atoms with Crippen molar-refractivity contribution in [1.29, 1.82) is 0 Å². The molecular formula is C20H26N2O4S2. The molecule has 0 spiro atoms. The maximum Gasteiger partial charge on any atom is 0.341 e. The van der Waals surface area contributed by atoms with Crippen LogP contribution < -0.4 is 5.32 Å². The Morgan fingerprint density at radius 3 is 2.86 bits per heavy atom. The molecule has 0 aliphatic carbocycles. The molecule has 1 aliphatic rings. The van der Waals surface area contributed by atoms with Crippen molar-refractivity contribution in [2.75, 3.05) is 25.1 Å². The minimum absolute atomic E-state index is 0.0575. The first-order valence-electron chi connectivity index (χ1n) is 9.46. The molecule has 2 amide bonds. The Bertz CT molecular complexity index is 811. The molecule has 1 fully saturated rings. The Kier molecular flexibility index (Phi) is 7.09. The maximum atomic E-state index is 13.1. The van der Waals surface area contributed by atoms with Crippen LogP contribution in [0.4, 0.5) is 9.80 Å². The molecule has 1 N–H and O–H groups in total. The molecule has 0 aromatic carbocycles. The molecule has 28 heavy (non-hydrogen) atoms. The van der Waals surface area contributed by atoms with Gasteiger partial charge >= 0.3 is 12.0 Å². The van der Waals surface area contributed by atoms with Crippen molar-refractivity contribution in [1.82, 2.24) is 4.90 Å². The summed E-state index contributed by atoms with van der Waals surface area (Å²) < 4.78 is 10.9. The van der Waals surface area contributed by atoms with Gasteiger partial charge in [0.25, 0.3) is 0 Å². The Balaban J connectivity index is 1.79. The highest BCUT2D eigenvalue weighted by Gasteiger charge is 2.26. The lowest BCUT2D eigenvalue weighted by Crippen LogP contribution is -2.39. The molecule has 0 bridgehead atoms. The first-order valence-corrected chi connectivity index (χ1v) is 11.2. The molecule has 1 saturated heterocycles. The summed E-state index contributed by atoms with van der Waals surface area (Å²) in [5.41, 5.74) is 1.30. The fraction of sp³-hybridized carbons (Fsp3) is 0.500. The number of aryl methyl sites for hydroxylation is 1. The summed E-state index contributed by atoms with van der Waals surface area (Å²) in [6.07, 6.45) is 2.04. The number of amides is 2. The smallest absolute Gasteiger partial charge is 0.341 e. The zero-order valence-corrected chi connectivity index (χ0v) is 18.1. The van der Waals surface area contributed by atoms with Gasteiger partial charge in [-0.15, -0.1) is 22.7 Å². The van der Waals surface area contributed by atoms with Crippen LogP contribution >= 0.6 is 22.7 Å². The fourth-order valence-electron chi connectivity index (χ4n) is 3.18. The van der Waals surface area contributed by atoms with Crippen molar-refractivity contribution in [2.45, 2.75) is 46.3 Å². The molecule has 1 unspecified atom stereocenters. The van der Waals surface area contributed by atoms with E-state index in [-0.39, 0.29) is 12.1 Å². The third-order valence-electron chi connectivity index (χ3n) is 4.75. The van der Waals surface area contributed by atoms with Crippen LogP contribution in [0.2, 0.25) is 0 Å². The van der Waals surface area contributed by atoms with Crippen molar-refractivity contribution >= 4 is 39.7 Å². The van der Waals surface area contributed by atoms with Gasteiger partial charge < -0.3 is 14.4 Å². The lowest BCUT2D eigenvalue weighted by molar-refractivity contribution is 0.0527. The number of carbonyl (C=O) groups excluding carboxylic acids is 2. The van der Waals surface area contributed by atoms with Crippen molar-refractivity contribution in [3.8, 4) is 0 Å². The molecule has 8 heteroatoms. The summed E-state index contributed by atoms with van der Waals surface area (Å²) in [7, 11) is 0. The van der Waals surface area contributed by atoms with Crippen molar-refractivity contribution < 1.29 is 19.1 Å². The van der Waals surface area contributed by atoms with Gasteiger partial charge in [-0.05, 0) is 50.6 Å². The summed E-state index contributed by atoms with van der Waals surface area (Å²) in [4.78, 5) is 29.3. The number of urea groups is 1. The zero-order chi connectivity index (χ0) is 20.1. The highest BCUT2D eigenvalue weighted by Crippen LogP contribution is 2.33. The predicted molar refractivity (Wildman–Crippen MR) is 112 cm³/mol. The second kappa shape index (κ2) is 9.54. The van der Waals surface area contributed by atoms with Gasteiger partial charge in [0, 0.05) is 22.9 Å². The number of anilines is 1.